The Bertz CT molecular complexity index is 1430. The molecule has 0 saturated carbocycles. The van der Waals surface area contributed by atoms with Gasteiger partial charge >= 0.3 is 5.16 Å². The molecule has 3 rings (SSSR count). The lowest BCUT2D eigenvalue weighted by molar-refractivity contribution is 0.410. The minimum Gasteiger partial charge on any atom is -0.609 e. The fraction of sp³-hybridized carbons (Fsp3) is 0.250. The SMILES string of the molecule is [2H]c1nc(C([2H])([2H])[S+]([O-])c2nc3c([2H])c([2H])c(OC([2H])([2H])[2H])c([2H])c3[nH]2)c([2H])c(OC([2H])([2H])[2H])c1C([2H])([2H])[2H]. The highest BCUT2D eigenvalue weighted by atomic mass is 32.2. The first-order valence-electron chi connectivity index (χ1n) is 13.8. The molecule has 1 unspecified atom stereocenters. The van der Waals surface area contributed by atoms with E-state index in [0.717, 1.165) is 0 Å². The third kappa shape index (κ3) is 3.25. The lowest BCUT2D eigenvalue weighted by Gasteiger charge is -2.09. The Labute approximate surface area is 159 Å². The predicted octanol–water partition coefficient (Wildman–Crippen LogP) is 2.59. The van der Waals surface area contributed by atoms with Crippen LogP contribution in [-0.2, 0) is 16.9 Å². The third-order valence-electron chi connectivity index (χ3n) is 2.52. The molecule has 120 valence electrons. The van der Waals surface area contributed by atoms with Gasteiger partial charge in [-0.15, -0.1) is 0 Å². The molecule has 0 aliphatic carbocycles. The number of nitrogens with zero attached hydrogens (tertiary/aromatic N) is 2. The number of H-pyrrole nitrogens is 1. The second-order valence-electron chi connectivity index (χ2n) is 3.95. The summed E-state index contributed by atoms with van der Waals surface area (Å²) in [4.78, 5) is 9.56. The van der Waals surface area contributed by atoms with Crippen LogP contribution in [0, 0.1) is 6.85 Å². The van der Waals surface area contributed by atoms with Crippen molar-refractivity contribution in [2.75, 3.05) is 14.1 Å². The van der Waals surface area contributed by atoms with Crippen molar-refractivity contribution in [3.05, 3.63) is 41.6 Å². The van der Waals surface area contributed by atoms with Gasteiger partial charge in [-0.25, -0.2) is 0 Å². The van der Waals surface area contributed by atoms with E-state index in [-0.39, 0.29) is 0 Å². The standard InChI is InChI=1S/C16H17N3O3S/c1-10-8-17-11(6-15(10)22-3)9-23(20)16-18-13-5-4-12(21-2)7-14(13)19-16/h4-8H,9H2,1-3H3,(H,18,19)/i1D3,2D3,3D3,4D,5D,6D,7D,8D,9D2. The molecule has 23 heavy (non-hydrogen) atoms. The molecule has 7 heteroatoms. The molecule has 0 radical (unpaired) electrons. The Hall–Kier alpha value is -2.25. The number of aromatic nitrogens is 3. The Morgan fingerprint density at radius 1 is 1.39 bits per heavy atom. The summed E-state index contributed by atoms with van der Waals surface area (Å²) >= 11 is -3.02. The Morgan fingerprint density at radius 3 is 3.13 bits per heavy atom. The quantitative estimate of drug-likeness (QED) is 0.717. The van der Waals surface area contributed by atoms with Gasteiger partial charge in [0.05, 0.1) is 48.6 Å². The summed E-state index contributed by atoms with van der Waals surface area (Å²) in [7, 11) is -6.41. The van der Waals surface area contributed by atoms with Gasteiger partial charge in [0.25, 0.3) is 0 Å². The summed E-state index contributed by atoms with van der Waals surface area (Å²) in [5, 5.41) is -0.770. The average Bonchev–Trinajstić information content (AvgIpc) is 3.20. The van der Waals surface area contributed by atoms with Crippen LogP contribution in [0.2, 0.25) is 0 Å². The second kappa shape index (κ2) is 6.47. The number of nitrogens with one attached hydrogen (secondary N) is 1. The number of rotatable bonds is 5. The zero-order chi connectivity index (χ0) is 30.0. The first-order chi connectivity index (χ1) is 17.5. The van der Waals surface area contributed by atoms with Gasteiger partial charge in [0.15, 0.2) is 5.70 Å². The van der Waals surface area contributed by atoms with Crippen molar-refractivity contribution in [3.63, 3.8) is 0 Å². The molecule has 0 bridgehead atoms. The molecule has 2 aromatic heterocycles. The maximum Gasteiger partial charge on any atom is 0.322 e. The van der Waals surface area contributed by atoms with E-state index in [1.807, 2.05) is 0 Å². The first-order valence-corrected chi connectivity index (χ1v) is 6.94. The molecular weight excluding hydrogens is 314 g/mol. The smallest absolute Gasteiger partial charge is 0.322 e. The molecule has 0 spiro atoms. The number of hydrogen-bond donors (Lipinski definition) is 1. The van der Waals surface area contributed by atoms with Crippen LogP contribution >= 0.6 is 0 Å². The minimum absolute atomic E-state index is 0.432. The Balaban J connectivity index is 2.21. The van der Waals surface area contributed by atoms with Crippen LogP contribution in [0.15, 0.2) is 35.5 Å². The highest BCUT2D eigenvalue weighted by molar-refractivity contribution is 7.90. The van der Waals surface area contributed by atoms with Crippen LogP contribution in [0.25, 0.3) is 11.0 Å². The van der Waals surface area contributed by atoms with Gasteiger partial charge in [0, 0.05) is 39.1 Å². The van der Waals surface area contributed by atoms with Gasteiger partial charge in [-0.3, -0.25) is 9.97 Å². The molecule has 2 heterocycles. The van der Waals surface area contributed by atoms with Crippen LogP contribution < -0.4 is 9.47 Å². The molecule has 0 aliphatic heterocycles. The van der Waals surface area contributed by atoms with Crippen molar-refractivity contribution in [2.45, 2.75) is 17.7 Å². The van der Waals surface area contributed by atoms with E-state index in [9.17, 15) is 4.55 Å². The number of aromatic amines is 1. The number of imidazole rings is 1. The minimum atomic E-state index is -3.32. The van der Waals surface area contributed by atoms with Gasteiger partial charge in [-0.05, 0) is 18.9 Å². The lowest BCUT2D eigenvalue weighted by Crippen LogP contribution is -2.08. The molecule has 1 N–H and O–H groups in total. The van der Waals surface area contributed by atoms with Crippen LogP contribution in [0.5, 0.6) is 11.5 Å². The van der Waals surface area contributed by atoms with E-state index >= 15 is 0 Å². The van der Waals surface area contributed by atoms with Gasteiger partial charge < -0.3 is 14.0 Å². The molecular formula is C16H17N3O3S. The summed E-state index contributed by atoms with van der Waals surface area (Å²) in [6.45, 7) is -3.19. The zero-order valence-electron chi connectivity index (χ0n) is 27.0. The van der Waals surface area contributed by atoms with Crippen molar-refractivity contribution >= 4 is 22.2 Å². The maximum atomic E-state index is 13.3. The fourth-order valence-electron chi connectivity index (χ4n) is 1.55. The Kier molecular flexibility index (Phi) is 1.52. The normalized spacial score (nSPS) is 24.7. The van der Waals surface area contributed by atoms with Crippen LogP contribution in [0.1, 0.15) is 33.2 Å². The number of ether oxygens (including phenoxy) is 2. The molecule has 0 aliphatic rings. The van der Waals surface area contributed by atoms with Crippen LogP contribution in [-0.4, -0.2) is 33.6 Å². The molecule has 0 saturated heterocycles. The number of fused-ring (bicyclic) bond motifs is 1. The molecule has 6 nitrogen and oxygen atoms in total. The second-order valence-corrected chi connectivity index (χ2v) is 5.07. The molecule has 0 amide bonds. The van der Waals surface area contributed by atoms with Gasteiger partial charge in [0.1, 0.15) is 11.5 Å². The average molecular weight is 347 g/mol. The summed E-state index contributed by atoms with van der Waals surface area (Å²) in [6, 6.07) is -3.56. The van der Waals surface area contributed by atoms with E-state index in [1.54, 1.807) is 0 Å². The number of benzene rings is 1. The molecule has 1 aromatic carbocycles. The largest absolute Gasteiger partial charge is 0.609 e. The van der Waals surface area contributed by atoms with E-state index in [4.69, 9.17) is 21.9 Å². The number of methoxy groups -OCH3 is 2. The van der Waals surface area contributed by atoms with E-state index in [2.05, 4.69) is 24.4 Å². The highest BCUT2D eigenvalue weighted by Crippen LogP contribution is 2.23. The molecule has 1 atom stereocenters. The van der Waals surface area contributed by atoms with Crippen LogP contribution in [0.3, 0.4) is 0 Å². The summed E-state index contributed by atoms with van der Waals surface area (Å²) < 4.78 is 146. The first kappa shape index (κ1) is 5.39. The van der Waals surface area contributed by atoms with E-state index in [1.165, 1.54) is 0 Å². The maximum absolute atomic E-state index is 13.3. The monoisotopic (exact) mass is 347 g/mol. The van der Waals surface area contributed by atoms with Crippen molar-refractivity contribution in [1.82, 2.24) is 15.0 Å². The topological polar surface area (TPSA) is 83.1 Å². The third-order valence-corrected chi connectivity index (χ3v) is 3.45. The molecule has 3 aromatic rings. The summed E-state index contributed by atoms with van der Waals surface area (Å²) in [5.41, 5.74) is -6.39. The molecule has 0 fully saturated rings. The van der Waals surface area contributed by atoms with Crippen molar-refractivity contribution in [1.29, 1.82) is 0 Å². The van der Waals surface area contributed by atoms with Crippen molar-refractivity contribution in [2.24, 2.45) is 0 Å². The number of pyridine rings is 1. The van der Waals surface area contributed by atoms with E-state index < -0.39 is 107 Å². The van der Waals surface area contributed by atoms with Gasteiger partial charge in [0.2, 0.25) is 0 Å². The highest BCUT2D eigenvalue weighted by Gasteiger charge is 2.19. The Morgan fingerprint density at radius 2 is 2.30 bits per heavy atom. The van der Waals surface area contributed by atoms with Gasteiger partial charge in [-0.2, -0.15) is 4.98 Å². The van der Waals surface area contributed by atoms with Crippen LogP contribution in [0.4, 0.5) is 0 Å². The van der Waals surface area contributed by atoms with Crippen molar-refractivity contribution < 1.29 is 36.0 Å². The predicted molar refractivity (Wildman–Crippen MR) is 88.3 cm³/mol. The summed E-state index contributed by atoms with van der Waals surface area (Å²) in [6.07, 6.45) is -1.17. The fourth-order valence-corrected chi connectivity index (χ4v) is 2.29. The van der Waals surface area contributed by atoms with Gasteiger partial charge in [-0.1, -0.05) is 0 Å². The summed E-state index contributed by atoms with van der Waals surface area (Å²) in [5.74, 6) is -2.01. The zero-order valence-corrected chi connectivity index (χ0v) is 11.8. The van der Waals surface area contributed by atoms with Crippen molar-refractivity contribution in [3.8, 4) is 11.5 Å². The van der Waals surface area contributed by atoms with E-state index in [0.29, 0.717) is 0 Å². The number of hydrogen-bond acceptors (Lipinski definition) is 5. The lowest BCUT2D eigenvalue weighted by atomic mass is 10.2.